The quantitative estimate of drug-likeness (QED) is 0.470. The molecule has 6 nitrogen and oxygen atoms in total. The van der Waals surface area contributed by atoms with Crippen molar-refractivity contribution in [1.29, 1.82) is 0 Å². The van der Waals surface area contributed by atoms with E-state index >= 15 is 0 Å². The first-order valence-corrected chi connectivity index (χ1v) is 8.69. The maximum atomic E-state index is 12.8. The van der Waals surface area contributed by atoms with Crippen LogP contribution in [0.15, 0.2) is 48.0 Å². The minimum atomic E-state index is -0.826. The second-order valence-corrected chi connectivity index (χ2v) is 6.41. The molecule has 1 aliphatic heterocycles. The highest BCUT2D eigenvalue weighted by Gasteiger charge is 2.36. The van der Waals surface area contributed by atoms with Gasteiger partial charge in [-0.3, -0.25) is 14.9 Å². The molecule has 1 fully saturated rings. The van der Waals surface area contributed by atoms with Crippen molar-refractivity contribution in [3.05, 3.63) is 63.6 Å². The number of urea groups is 1. The lowest BCUT2D eigenvalue weighted by molar-refractivity contribution is -0.122. The van der Waals surface area contributed by atoms with E-state index in [4.69, 9.17) is 34.4 Å². The normalized spacial score (nSPS) is 15.4. The van der Waals surface area contributed by atoms with E-state index < -0.39 is 17.8 Å². The number of terminal acetylenes is 1. The lowest BCUT2D eigenvalue weighted by Gasteiger charge is -2.26. The molecule has 1 saturated heterocycles. The Morgan fingerprint density at radius 1 is 1.11 bits per heavy atom. The third-order valence-electron chi connectivity index (χ3n) is 3.75. The molecule has 2 aromatic carbocycles. The number of anilines is 1. The third-order valence-corrected chi connectivity index (χ3v) is 4.31. The first kappa shape index (κ1) is 19.5. The van der Waals surface area contributed by atoms with Crippen LogP contribution in [0.4, 0.5) is 10.5 Å². The maximum Gasteiger partial charge on any atom is 0.335 e. The van der Waals surface area contributed by atoms with Gasteiger partial charge in [-0.2, -0.15) is 0 Å². The van der Waals surface area contributed by atoms with E-state index in [1.54, 1.807) is 30.3 Å². The van der Waals surface area contributed by atoms with Gasteiger partial charge >= 0.3 is 6.03 Å². The molecule has 8 heteroatoms. The van der Waals surface area contributed by atoms with Gasteiger partial charge in [-0.05, 0) is 35.9 Å². The largest absolute Gasteiger partial charge is 0.478 e. The van der Waals surface area contributed by atoms with E-state index in [9.17, 15) is 14.4 Å². The van der Waals surface area contributed by atoms with Gasteiger partial charge in [0.2, 0.25) is 0 Å². The van der Waals surface area contributed by atoms with Gasteiger partial charge in [0.25, 0.3) is 11.8 Å². The van der Waals surface area contributed by atoms with Gasteiger partial charge in [-0.25, -0.2) is 9.69 Å². The van der Waals surface area contributed by atoms with Crippen molar-refractivity contribution in [2.24, 2.45) is 0 Å². The number of benzene rings is 2. The van der Waals surface area contributed by atoms with E-state index in [-0.39, 0.29) is 28.0 Å². The average Bonchev–Trinajstić information content (AvgIpc) is 2.65. The molecule has 28 heavy (non-hydrogen) atoms. The van der Waals surface area contributed by atoms with Crippen molar-refractivity contribution in [3.8, 4) is 18.1 Å². The summed E-state index contributed by atoms with van der Waals surface area (Å²) in [4.78, 5) is 38.0. The summed E-state index contributed by atoms with van der Waals surface area (Å²) >= 11 is 12.3. The van der Waals surface area contributed by atoms with E-state index in [1.165, 1.54) is 18.2 Å². The van der Waals surface area contributed by atoms with E-state index in [2.05, 4.69) is 11.2 Å². The van der Waals surface area contributed by atoms with Gasteiger partial charge in [0, 0.05) is 0 Å². The number of para-hydroxylation sites is 1. The number of imide groups is 2. The minimum absolute atomic E-state index is 0.0189. The Hall–Kier alpha value is -3.27. The fourth-order valence-corrected chi connectivity index (χ4v) is 3.16. The van der Waals surface area contributed by atoms with Crippen LogP contribution in [0.5, 0.6) is 5.75 Å². The molecule has 4 amide bonds. The highest BCUT2D eigenvalue weighted by Crippen LogP contribution is 2.35. The molecule has 0 saturated carbocycles. The number of nitrogens with zero attached hydrogens (tertiary/aromatic N) is 1. The number of carbonyl (C=O) groups is 3. The number of amides is 4. The number of nitrogens with one attached hydrogen (secondary N) is 1. The van der Waals surface area contributed by atoms with Gasteiger partial charge < -0.3 is 4.74 Å². The van der Waals surface area contributed by atoms with E-state index in [1.807, 2.05) is 0 Å². The standard InChI is InChI=1S/C20H12Cl2N2O4/c1-2-8-28-17-15(21)10-12(11-16(17)22)9-14-18(25)23-20(27)24(19(14)26)13-6-4-3-5-7-13/h1,3-7,9-11H,8H2,(H,23,25,27). The van der Waals surface area contributed by atoms with Crippen LogP contribution in [0.1, 0.15) is 5.56 Å². The fourth-order valence-electron chi connectivity index (χ4n) is 2.55. The van der Waals surface area contributed by atoms with Crippen molar-refractivity contribution < 1.29 is 19.1 Å². The van der Waals surface area contributed by atoms with E-state index in [0.717, 1.165) is 4.90 Å². The third kappa shape index (κ3) is 3.86. The zero-order valence-corrected chi connectivity index (χ0v) is 15.8. The number of carbonyl (C=O) groups excluding carboxylic acids is 3. The van der Waals surface area contributed by atoms with Crippen LogP contribution >= 0.6 is 23.2 Å². The molecule has 1 heterocycles. The van der Waals surface area contributed by atoms with Crippen LogP contribution in [0.3, 0.4) is 0 Å². The van der Waals surface area contributed by atoms with Gasteiger partial charge in [-0.1, -0.05) is 47.3 Å². The van der Waals surface area contributed by atoms with Crippen LogP contribution in [0, 0.1) is 12.3 Å². The van der Waals surface area contributed by atoms with Crippen molar-refractivity contribution in [3.63, 3.8) is 0 Å². The van der Waals surface area contributed by atoms with Crippen LogP contribution in [-0.4, -0.2) is 24.5 Å². The monoisotopic (exact) mass is 414 g/mol. The minimum Gasteiger partial charge on any atom is -0.478 e. The average molecular weight is 415 g/mol. The van der Waals surface area contributed by atoms with Gasteiger partial charge in [-0.15, -0.1) is 6.42 Å². The molecule has 0 aliphatic carbocycles. The zero-order valence-electron chi connectivity index (χ0n) is 14.2. The second-order valence-electron chi connectivity index (χ2n) is 5.60. The van der Waals surface area contributed by atoms with Gasteiger partial charge in [0.1, 0.15) is 12.2 Å². The van der Waals surface area contributed by atoms with Crippen molar-refractivity contribution in [1.82, 2.24) is 5.32 Å². The summed E-state index contributed by atoms with van der Waals surface area (Å²) in [5.41, 5.74) is 0.467. The highest BCUT2D eigenvalue weighted by atomic mass is 35.5. The molecule has 0 spiro atoms. The predicted octanol–water partition coefficient (Wildman–Crippen LogP) is 3.67. The van der Waals surface area contributed by atoms with Gasteiger partial charge in [0.05, 0.1) is 15.7 Å². The highest BCUT2D eigenvalue weighted by molar-refractivity contribution is 6.40. The van der Waals surface area contributed by atoms with Crippen LogP contribution in [0.25, 0.3) is 6.08 Å². The lowest BCUT2D eigenvalue weighted by Crippen LogP contribution is -2.54. The first-order valence-electron chi connectivity index (χ1n) is 7.94. The van der Waals surface area contributed by atoms with Crippen molar-refractivity contribution in [2.75, 3.05) is 11.5 Å². The Kier molecular flexibility index (Phi) is 5.69. The topological polar surface area (TPSA) is 75.7 Å². The van der Waals surface area contributed by atoms with Crippen LogP contribution in [0.2, 0.25) is 10.0 Å². The summed E-state index contributed by atoms with van der Waals surface area (Å²) in [6.07, 6.45) is 6.44. The Balaban J connectivity index is 1.99. The zero-order chi connectivity index (χ0) is 20.3. The molecule has 1 aliphatic rings. The van der Waals surface area contributed by atoms with E-state index in [0.29, 0.717) is 11.3 Å². The smallest absolute Gasteiger partial charge is 0.335 e. The molecule has 0 atom stereocenters. The van der Waals surface area contributed by atoms with Crippen molar-refractivity contribution in [2.45, 2.75) is 0 Å². The molecule has 140 valence electrons. The summed E-state index contributed by atoms with van der Waals surface area (Å²) in [5, 5.41) is 2.47. The molecule has 1 N–H and O–H groups in total. The summed E-state index contributed by atoms with van der Waals surface area (Å²) in [6.45, 7) is -0.0189. The fraction of sp³-hybridized carbons (Fsp3) is 0.0500. The van der Waals surface area contributed by atoms with Crippen molar-refractivity contribution >= 4 is 52.8 Å². The van der Waals surface area contributed by atoms with Crippen LogP contribution < -0.4 is 15.0 Å². The summed E-state index contributed by atoms with van der Waals surface area (Å²) in [5.74, 6) is 0.917. The van der Waals surface area contributed by atoms with Gasteiger partial charge in [0.15, 0.2) is 5.75 Å². The molecule has 0 unspecified atom stereocenters. The summed E-state index contributed by atoms with van der Waals surface area (Å²) in [6, 6.07) is 10.4. The Morgan fingerprint density at radius 2 is 1.75 bits per heavy atom. The number of barbiturate groups is 1. The predicted molar refractivity (Wildman–Crippen MR) is 106 cm³/mol. The maximum absolute atomic E-state index is 12.8. The molecular formula is C20H12Cl2N2O4. The molecule has 0 bridgehead atoms. The molecule has 0 aromatic heterocycles. The summed E-state index contributed by atoms with van der Waals surface area (Å²) in [7, 11) is 0. The summed E-state index contributed by atoms with van der Waals surface area (Å²) < 4.78 is 5.27. The Morgan fingerprint density at radius 3 is 2.36 bits per heavy atom. The number of hydrogen-bond donors (Lipinski definition) is 1. The Bertz CT molecular complexity index is 1020. The molecule has 2 aromatic rings. The second kappa shape index (κ2) is 8.17. The number of halogens is 2. The molecule has 0 radical (unpaired) electrons. The lowest BCUT2D eigenvalue weighted by atomic mass is 10.1. The first-order chi connectivity index (χ1) is 13.4. The van der Waals surface area contributed by atoms with Crippen LogP contribution in [-0.2, 0) is 9.59 Å². The number of hydrogen-bond acceptors (Lipinski definition) is 4. The Labute approximate surface area is 170 Å². The SMILES string of the molecule is C#CCOc1c(Cl)cc(C=C2C(=O)NC(=O)N(c3ccccc3)C2=O)cc1Cl. The molecule has 3 rings (SSSR count). The number of rotatable bonds is 4. The number of ether oxygens (including phenoxy) is 1. The molecular weight excluding hydrogens is 403 g/mol.